The SMILES string of the molecule is Cc1noc(C2CCCN2C(=O)COc2ccc(Cl)cc2Cl)n1. The summed E-state index contributed by atoms with van der Waals surface area (Å²) in [5.74, 6) is 1.31. The lowest BCUT2D eigenvalue weighted by atomic mass is 10.2. The molecule has 1 unspecified atom stereocenters. The predicted octanol–water partition coefficient (Wildman–Crippen LogP) is 3.43. The molecule has 1 aliphatic rings. The van der Waals surface area contributed by atoms with Crippen molar-refractivity contribution in [2.75, 3.05) is 13.2 Å². The Balaban J connectivity index is 1.65. The number of aryl methyl sites for hydroxylation is 1. The molecule has 0 aliphatic carbocycles. The van der Waals surface area contributed by atoms with E-state index in [1.807, 2.05) is 0 Å². The van der Waals surface area contributed by atoms with Gasteiger partial charge in [0.25, 0.3) is 5.91 Å². The molecule has 1 aliphatic heterocycles. The number of amides is 1. The maximum atomic E-state index is 12.4. The average Bonchev–Trinajstić information content (AvgIpc) is 3.14. The summed E-state index contributed by atoms with van der Waals surface area (Å²) in [6.07, 6.45) is 1.69. The lowest BCUT2D eigenvalue weighted by molar-refractivity contribution is -0.134. The molecule has 8 heteroatoms. The highest BCUT2D eigenvalue weighted by molar-refractivity contribution is 6.35. The van der Waals surface area contributed by atoms with Gasteiger partial charge in [-0.25, -0.2) is 0 Å². The van der Waals surface area contributed by atoms with Gasteiger partial charge < -0.3 is 14.2 Å². The number of hydrogen-bond acceptors (Lipinski definition) is 5. The van der Waals surface area contributed by atoms with Gasteiger partial charge in [-0.15, -0.1) is 0 Å². The maximum Gasteiger partial charge on any atom is 0.261 e. The molecular formula is C15H15Cl2N3O3. The minimum absolute atomic E-state index is 0.106. The standard InChI is InChI=1S/C15H15Cl2N3O3/c1-9-18-15(23-19-9)12-3-2-6-20(12)14(21)8-22-13-5-4-10(16)7-11(13)17/h4-5,7,12H,2-3,6,8H2,1H3. The molecule has 1 atom stereocenters. The molecule has 1 fully saturated rings. The van der Waals surface area contributed by atoms with Gasteiger partial charge in [0, 0.05) is 11.6 Å². The molecule has 6 nitrogen and oxygen atoms in total. The predicted molar refractivity (Wildman–Crippen MR) is 84.7 cm³/mol. The highest BCUT2D eigenvalue weighted by Gasteiger charge is 2.33. The lowest BCUT2D eigenvalue weighted by Crippen LogP contribution is -2.34. The first kappa shape index (κ1) is 16.1. The van der Waals surface area contributed by atoms with Gasteiger partial charge in [-0.2, -0.15) is 4.98 Å². The van der Waals surface area contributed by atoms with Crippen molar-refractivity contribution in [2.24, 2.45) is 0 Å². The Bertz CT molecular complexity index is 720. The average molecular weight is 356 g/mol. The quantitative estimate of drug-likeness (QED) is 0.840. The third-order valence-electron chi connectivity index (χ3n) is 3.65. The van der Waals surface area contributed by atoms with Crippen molar-refractivity contribution in [3.05, 3.63) is 40.0 Å². The van der Waals surface area contributed by atoms with Crippen molar-refractivity contribution >= 4 is 29.1 Å². The monoisotopic (exact) mass is 355 g/mol. The second kappa shape index (κ2) is 6.76. The van der Waals surface area contributed by atoms with E-state index >= 15 is 0 Å². The van der Waals surface area contributed by atoms with Gasteiger partial charge in [0.2, 0.25) is 5.89 Å². The van der Waals surface area contributed by atoms with Crippen LogP contribution in [0, 0.1) is 6.92 Å². The molecule has 1 saturated heterocycles. The Hall–Kier alpha value is -1.79. The number of carbonyl (C=O) groups excluding carboxylic acids is 1. The molecule has 3 rings (SSSR count). The number of ether oxygens (including phenoxy) is 1. The number of rotatable bonds is 4. The Labute approximate surface area is 143 Å². The van der Waals surface area contributed by atoms with Crippen LogP contribution in [0.4, 0.5) is 0 Å². The van der Waals surface area contributed by atoms with Crippen molar-refractivity contribution in [1.29, 1.82) is 0 Å². The minimum Gasteiger partial charge on any atom is -0.482 e. The van der Waals surface area contributed by atoms with Gasteiger partial charge in [0.05, 0.1) is 5.02 Å². The van der Waals surface area contributed by atoms with Gasteiger partial charge >= 0.3 is 0 Å². The van der Waals surface area contributed by atoms with E-state index in [1.165, 1.54) is 0 Å². The first-order valence-electron chi connectivity index (χ1n) is 7.22. The summed E-state index contributed by atoms with van der Waals surface area (Å²) >= 11 is 11.9. The smallest absolute Gasteiger partial charge is 0.261 e. The van der Waals surface area contributed by atoms with Gasteiger partial charge in [-0.3, -0.25) is 4.79 Å². The highest BCUT2D eigenvalue weighted by Crippen LogP contribution is 2.31. The van der Waals surface area contributed by atoms with Crippen LogP contribution in [-0.4, -0.2) is 34.1 Å². The van der Waals surface area contributed by atoms with E-state index in [0.29, 0.717) is 34.1 Å². The molecule has 122 valence electrons. The van der Waals surface area contributed by atoms with Crippen LogP contribution in [-0.2, 0) is 4.79 Å². The van der Waals surface area contributed by atoms with E-state index in [-0.39, 0.29) is 18.6 Å². The van der Waals surface area contributed by atoms with E-state index in [1.54, 1.807) is 30.0 Å². The zero-order valence-electron chi connectivity index (χ0n) is 12.5. The van der Waals surface area contributed by atoms with Crippen molar-refractivity contribution in [2.45, 2.75) is 25.8 Å². The van der Waals surface area contributed by atoms with Gasteiger partial charge in [-0.05, 0) is 38.0 Å². The molecule has 1 aromatic carbocycles. The largest absolute Gasteiger partial charge is 0.482 e. The van der Waals surface area contributed by atoms with Gasteiger partial charge in [-0.1, -0.05) is 28.4 Å². The third kappa shape index (κ3) is 3.59. The fourth-order valence-electron chi connectivity index (χ4n) is 2.59. The van der Waals surface area contributed by atoms with Crippen LogP contribution in [0.25, 0.3) is 0 Å². The summed E-state index contributed by atoms with van der Waals surface area (Å²) in [4.78, 5) is 18.4. The van der Waals surface area contributed by atoms with E-state index in [0.717, 1.165) is 12.8 Å². The number of halogens is 2. The number of hydrogen-bond donors (Lipinski definition) is 0. The number of carbonyl (C=O) groups is 1. The zero-order valence-corrected chi connectivity index (χ0v) is 14.0. The Morgan fingerprint density at radius 2 is 2.30 bits per heavy atom. The number of likely N-dealkylation sites (tertiary alicyclic amines) is 1. The van der Waals surface area contributed by atoms with E-state index in [9.17, 15) is 4.79 Å². The lowest BCUT2D eigenvalue weighted by Gasteiger charge is -2.22. The van der Waals surface area contributed by atoms with Crippen molar-refractivity contribution in [3.63, 3.8) is 0 Å². The number of benzene rings is 1. The summed E-state index contributed by atoms with van der Waals surface area (Å²) < 4.78 is 10.7. The van der Waals surface area contributed by atoms with Gasteiger partial charge in [0.1, 0.15) is 11.8 Å². The van der Waals surface area contributed by atoms with Gasteiger partial charge in [0.15, 0.2) is 12.4 Å². The topological polar surface area (TPSA) is 68.5 Å². The van der Waals surface area contributed by atoms with Crippen LogP contribution < -0.4 is 4.74 Å². The summed E-state index contributed by atoms with van der Waals surface area (Å²) in [6.45, 7) is 2.29. The maximum absolute atomic E-state index is 12.4. The molecule has 0 bridgehead atoms. The van der Waals surface area contributed by atoms with Crippen LogP contribution in [0.5, 0.6) is 5.75 Å². The van der Waals surface area contributed by atoms with E-state index in [2.05, 4.69) is 10.1 Å². The summed E-state index contributed by atoms with van der Waals surface area (Å²) in [5, 5.41) is 4.67. The Kier molecular flexibility index (Phi) is 4.73. The second-order valence-corrected chi connectivity index (χ2v) is 6.13. The molecule has 0 spiro atoms. The van der Waals surface area contributed by atoms with Crippen LogP contribution in [0.15, 0.2) is 22.7 Å². The third-order valence-corrected chi connectivity index (χ3v) is 4.18. The first-order valence-corrected chi connectivity index (χ1v) is 7.97. The van der Waals surface area contributed by atoms with Crippen molar-refractivity contribution in [1.82, 2.24) is 15.0 Å². The molecule has 0 radical (unpaired) electrons. The molecule has 1 aromatic heterocycles. The summed E-state index contributed by atoms with van der Waals surface area (Å²) in [5.41, 5.74) is 0. The van der Waals surface area contributed by atoms with Crippen molar-refractivity contribution in [3.8, 4) is 5.75 Å². The molecule has 2 aromatic rings. The number of nitrogens with zero attached hydrogens (tertiary/aromatic N) is 3. The Morgan fingerprint density at radius 1 is 1.48 bits per heavy atom. The first-order chi connectivity index (χ1) is 11.0. The van der Waals surface area contributed by atoms with E-state index < -0.39 is 0 Å². The second-order valence-electron chi connectivity index (χ2n) is 5.29. The zero-order chi connectivity index (χ0) is 16.4. The number of aromatic nitrogens is 2. The normalized spacial score (nSPS) is 17.5. The van der Waals surface area contributed by atoms with Crippen molar-refractivity contribution < 1.29 is 14.1 Å². The molecule has 23 heavy (non-hydrogen) atoms. The Morgan fingerprint density at radius 3 is 3.00 bits per heavy atom. The van der Waals surface area contributed by atoms with E-state index in [4.69, 9.17) is 32.5 Å². The summed E-state index contributed by atoms with van der Waals surface area (Å²) in [7, 11) is 0. The molecule has 0 N–H and O–H groups in total. The fraction of sp³-hybridized carbons (Fsp3) is 0.400. The molecular weight excluding hydrogens is 341 g/mol. The molecule has 2 heterocycles. The van der Waals surface area contributed by atoms with Crippen LogP contribution in [0.1, 0.15) is 30.6 Å². The van der Waals surface area contributed by atoms with Crippen LogP contribution >= 0.6 is 23.2 Å². The van der Waals surface area contributed by atoms with Crippen LogP contribution in [0.2, 0.25) is 10.0 Å². The summed E-state index contributed by atoms with van der Waals surface area (Å²) in [6, 6.07) is 4.68. The molecule has 1 amide bonds. The molecule has 0 saturated carbocycles. The van der Waals surface area contributed by atoms with Crippen LogP contribution in [0.3, 0.4) is 0 Å². The fourth-order valence-corrected chi connectivity index (χ4v) is 3.05. The highest BCUT2D eigenvalue weighted by atomic mass is 35.5. The minimum atomic E-state index is -0.187.